The number of benzene rings is 1. The molecule has 2 aromatic heterocycles. The second-order valence-electron chi connectivity index (χ2n) is 8.59. The smallest absolute Gasteiger partial charge is 0.258 e. The first-order valence-electron chi connectivity index (χ1n) is 10.9. The minimum atomic E-state index is -1.48. The van der Waals surface area contributed by atoms with Gasteiger partial charge in [-0.25, -0.2) is 13.2 Å². The van der Waals surface area contributed by atoms with E-state index in [9.17, 15) is 18.0 Å². The van der Waals surface area contributed by atoms with Crippen molar-refractivity contribution in [3.63, 3.8) is 0 Å². The summed E-state index contributed by atoms with van der Waals surface area (Å²) >= 11 is 0. The van der Waals surface area contributed by atoms with Crippen molar-refractivity contribution in [1.82, 2.24) is 24.5 Å². The molecule has 4 heterocycles. The van der Waals surface area contributed by atoms with E-state index in [1.54, 1.807) is 22.6 Å². The van der Waals surface area contributed by atoms with Gasteiger partial charge >= 0.3 is 0 Å². The molecule has 32 heavy (non-hydrogen) atoms. The zero-order valence-corrected chi connectivity index (χ0v) is 18.2. The molecule has 1 fully saturated rings. The lowest BCUT2D eigenvalue weighted by Gasteiger charge is -2.45. The van der Waals surface area contributed by atoms with E-state index in [1.165, 1.54) is 0 Å². The number of amides is 1. The minimum absolute atomic E-state index is 0.0447. The highest BCUT2D eigenvalue weighted by atomic mass is 19.2. The Morgan fingerprint density at radius 2 is 1.84 bits per heavy atom. The molecule has 168 valence electrons. The molecule has 1 saturated heterocycles. The van der Waals surface area contributed by atoms with Crippen LogP contribution in [0.15, 0.2) is 18.3 Å². The number of rotatable bonds is 3. The van der Waals surface area contributed by atoms with Gasteiger partial charge in [0.05, 0.1) is 34.9 Å². The maximum Gasteiger partial charge on any atom is 0.258 e. The van der Waals surface area contributed by atoms with Crippen molar-refractivity contribution in [3.05, 3.63) is 58.3 Å². The third kappa shape index (κ3) is 2.97. The number of hydrogen-bond donors (Lipinski definition) is 0. The average molecular weight is 443 g/mol. The van der Waals surface area contributed by atoms with Crippen LogP contribution in [-0.2, 0) is 26.9 Å². The van der Waals surface area contributed by atoms with Crippen molar-refractivity contribution in [1.29, 1.82) is 0 Å². The summed E-state index contributed by atoms with van der Waals surface area (Å²) in [6, 6.07) is 1.75. The molecule has 5 rings (SSSR count). The zero-order chi connectivity index (χ0) is 22.7. The van der Waals surface area contributed by atoms with Crippen molar-refractivity contribution in [2.24, 2.45) is 14.1 Å². The number of piperidine rings is 1. The molecule has 6 nitrogen and oxygen atoms in total. The van der Waals surface area contributed by atoms with Gasteiger partial charge in [-0.1, -0.05) is 6.92 Å². The van der Waals surface area contributed by atoms with Crippen LogP contribution in [0.2, 0.25) is 0 Å². The molecular formula is C23H24F3N5O. The largest absolute Gasteiger partial charge is 0.327 e. The van der Waals surface area contributed by atoms with Gasteiger partial charge < -0.3 is 4.90 Å². The number of hydrogen-bond acceptors (Lipinski definition) is 3. The van der Waals surface area contributed by atoms with Gasteiger partial charge in [-0.15, -0.1) is 0 Å². The summed E-state index contributed by atoms with van der Waals surface area (Å²) in [5, 5.41) is 8.94. The summed E-state index contributed by atoms with van der Waals surface area (Å²) in [7, 11) is 3.54. The third-order valence-corrected chi connectivity index (χ3v) is 6.79. The van der Waals surface area contributed by atoms with E-state index in [4.69, 9.17) is 0 Å². The van der Waals surface area contributed by atoms with Gasteiger partial charge in [0.2, 0.25) is 0 Å². The van der Waals surface area contributed by atoms with Gasteiger partial charge in [0.15, 0.2) is 17.5 Å². The molecule has 2 atom stereocenters. The highest BCUT2D eigenvalue weighted by molar-refractivity contribution is 5.96. The van der Waals surface area contributed by atoms with Crippen LogP contribution >= 0.6 is 0 Å². The van der Waals surface area contributed by atoms with Gasteiger partial charge in [-0.2, -0.15) is 10.2 Å². The fourth-order valence-corrected chi connectivity index (χ4v) is 5.40. The Morgan fingerprint density at radius 1 is 1.12 bits per heavy atom. The van der Waals surface area contributed by atoms with E-state index in [1.807, 2.05) is 18.9 Å². The van der Waals surface area contributed by atoms with E-state index in [2.05, 4.69) is 10.2 Å². The summed E-state index contributed by atoms with van der Waals surface area (Å²) in [4.78, 5) is 15.5. The van der Waals surface area contributed by atoms with Gasteiger partial charge in [-0.05, 0) is 44.2 Å². The topological polar surface area (TPSA) is 56.0 Å². The monoisotopic (exact) mass is 443 g/mol. The Hall–Kier alpha value is -3.10. The molecule has 0 spiro atoms. The average Bonchev–Trinajstić information content (AvgIpc) is 3.29. The molecule has 0 aliphatic carbocycles. The first kappa shape index (κ1) is 20.8. The number of nitrogens with zero attached hydrogens (tertiary/aromatic N) is 5. The Kier molecular flexibility index (Phi) is 4.87. The van der Waals surface area contributed by atoms with Crippen LogP contribution in [-0.4, -0.2) is 36.4 Å². The van der Waals surface area contributed by atoms with Gasteiger partial charge in [-0.3, -0.25) is 14.2 Å². The van der Waals surface area contributed by atoms with E-state index in [0.29, 0.717) is 24.1 Å². The molecule has 9 heteroatoms. The van der Waals surface area contributed by atoms with Gasteiger partial charge in [0.25, 0.3) is 5.91 Å². The van der Waals surface area contributed by atoms with E-state index >= 15 is 0 Å². The first-order chi connectivity index (χ1) is 15.3. The number of aromatic nitrogens is 4. The molecule has 2 aliphatic heterocycles. The van der Waals surface area contributed by atoms with Crippen molar-refractivity contribution in [2.75, 3.05) is 0 Å². The maximum atomic E-state index is 13.9. The molecule has 3 aromatic rings. The number of halogens is 3. The normalized spacial score (nSPS) is 19.9. The highest BCUT2D eigenvalue weighted by Gasteiger charge is 2.44. The van der Waals surface area contributed by atoms with Crippen LogP contribution in [0.25, 0.3) is 11.3 Å². The van der Waals surface area contributed by atoms with Crippen molar-refractivity contribution in [2.45, 2.75) is 51.1 Å². The van der Waals surface area contributed by atoms with E-state index in [-0.39, 0.29) is 23.6 Å². The Bertz CT molecular complexity index is 1210. The summed E-state index contributed by atoms with van der Waals surface area (Å²) in [5.41, 5.74) is 3.93. The lowest BCUT2D eigenvalue weighted by Crippen LogP contribution is -2.50. The van der Waals surface area contributed by atoms with E-state index < -0.39 is 17.5 Å². The number of carbonyl (C=O) groups excluding carboxylic acids is 1. The van der Waals surface area contributed by atoms with Crippen LogP contribution in [0.4, 0.5) is 13.2 Å². The lowest BCUT2D eigenvalue weighted by atomic mass is 9.81. The standard InChI is InChI=1S/C23H24F3N5O/c1-4-18-15(11-27-29(18)2)23(32)31-13-6-5-7-19(31)21-14(10-13)22(30(3)28-21)12-8-16(24)20(26)17(25)9-12/h8-9,11,13,19H,4-7,10H2,1-3H3/t13-,19+/m0/s1. The van der Waals surface area contributed by atoms with Crippen LogP contribution in [0.3, 0.4) is 0 Å². The number of aryl methyl sites for hydroxylation is 2. The Morgan fingerprint density at radius 3 is 2.53 bits per heavy atom. The molecule has 2 aliphatic rings. The van der Waals surface area contributed by atoms with E-state index in [0.717, 1.165) is 48.3 Å². The van der Waals surface area contributed by atoms with Crippen LogP contribution in [0.1, 0.15) is 59.5 Å². The third-order valence-electron chi connectivity index (χ3n) is 6.79. The highest BCUT2D eigenvalue weighted by Crippen LogP contribution is 2.45. The molecular weight excluding hydrogens is 419 g/mol. The predicted molar refractivity (Wildman–Crippen MR) is 111 cm³/mol. The minimum Gasteiger partial charge on any atom is -0.327 e. The summed E-state index contributed by atoms with van der Waals surface area (Å²) in [6.07, 6.45) is 5.42. The zero-order valence-electron chi connectivity index (χ0n) is 18.2. The molecule has 0 unspecified atom stereocenters. The summed E-state index contributed by atoms with van der Waals surface area (Å²) in [5.74, 6) is -4.00. The first-order valence-corrected chi connectivity index (χ1v) is 10.9. The van der Waals surface area contributed by atoms with Gasteiger partial charge in [0.1, 0.15) is 0 Å². The fraction of sp³-hybridized carbons (Fsp3) is 0.435. The quantitative estimate of drug-likeness (QED) is 0.573. The predicted octanol–water partition coefficient (Wildman–Crippen LogP) is 4.09. The van der Waals surface area contributed by atoms with Crippen molar-refractivity contribution < 1.29 is 18.0 Å². The molecule has 0 N–H and O–H groups in total. The lowest BCUT2D eigenvalue weighted by molar-refractivity contribution is 0.0390. The Labute approximate surface area is 183 Å². The van der Waals surface area contributed by atoms with Gasteiger partial charge in [0, 0.05) is 31.3 Å². The SMILES string of the molecule is CCc1c(C(=O)N2[C@H]3CCC[C@@H]2c2nn(C)c(-c4cc(F)c(F)c(F)c4)c2C3)cnn1C. The molecule has 0 radical (unpaired) electrons. The van der Waals surface area contributed by atoms with Crippen LogP contribution in [0.5, 0.6) is 0 Å². The van der Waals surface area contributed by atoms with Crippen molar-refractivity contribution in [3.8, 4) is 11.3 Å². The van der Waals surface area contributed by atoms with Crippen molar-refractivity contribution >= 4 is 5.91 Å². The Balaban J connectivity index is 1.60. The fourth-order valence-electron chi connectivity index (χ4n) is 5.40. The molecule has 1 aromatic carbocycles. The number of fused-ring (bicyclic) bond motifs is 4. The summed E-state index contributed by atoms with van der Waals surface area (Å²) < 4.78 is 44.7. The maximum absolute atomic E-state index is 13.9. The summed E-state index contributed by atoms with van der Waals surface area (Å²) in [6.45, 7) is 1.99. The second kappa shape index (κ2) is 7.50. The second-order valence-corrected chi connectivity index (χ2v) is 8.59. The molecule has 2 bridgehead atoms. The van der Waals surface area contributed by atoms with Crippen LogP contribution in [0, 0.1) is 17.5 Å². The molecule has 1 amide bonds. The van der Waals surface area contributed by atoms with Crippen LogP contribution < -0.4 is 0 Å². The number of carbonyl (C=O) groups is 1. The molecule has 0 saturated carbocycles.